The average Bonchev–Trinajstić information content (AvgIpc) is 2.35. The zero-order chi connectivity index (χ0) is 14.3. The summed E-state index contributed by atoms with van der Waals surface area (Å²) in [7, 11) is 0. The predicted molar refractivity (Wildman–Crippen MR) is 66.5 cm³/mol. The maximum atomic E-state index is 13.0. The second kappa shape index (κ2) is 8.16. The molecular weight excluding hydrogens is 256 g/mol. The molecule has 0 aliphatic rings. The molecule has 0 saturated heterocycles. The van der Waals surface area contributed by atoms with Crippen LogP contribution in [-0.4, -0.2) is 53.1 Å². The van der Waals surface area contributed by atoms with Crippen molar-refractivity contribution in [3.8, 4) is 0 Å². The first kappa shape index (κ1) is 16.0. The Morgan fingerprint density at radius 2 is 1.47 bits per heavy atom. The molecule has 0 aromatic heterocycles. The molecule has 0 aliphatic carbocycles. The molecule has 1 aromatic carbocycles. The Morgan fingerprint density at radius 1 is 0.947 bits per heavy atom. The molecule has 4 nitrogen and oxygen atoms in total. The third-order valence-corrected chi connectivity index (χ3v) is 2.82. The number of nitrogens with zero attached hydrogens (tertiary/aromatic N) is 1. The van der Waals surface area contributed by atoms with Crippen molar-refractivity contribution in [3.05, 3.63) is 35.4 Å². The second-order valence-corrected chi connectivity index (χ2v) is 4.30. The molecule has 1 rings (SSSR count). The van der Waals surface area contributed by atoms with Gasteiger partial charge < -0.3 is 15.3 Å². The minimum atomic E-state index is -0.981. The summed E-state index contributed by atoms with van der Waals surface area (Å²) in [4.78, 5) is 1.76. The molecule has 0 radical (unpaired) electrons. The van der Waals surface area contributed by atoms with Crippen LogP contribution in [-0.2, 0) is 0 Å². The molecule has 0 bridgehead atoms. The molecule has 1 aromatic rings. The van der Waals surface area contributed by atoms with Gasteiger partial charge in [0.15, 0.2) is 0 Å². The van der Waals surface area contributed by atoms with Crippen LogP contribution in [0.1, 0.15) is 18.1 Å². The van der Waals surface area contributed by atoms with Crippen molar-refractivity contribution in [2.24, 2.45) is 0 Å². The molecule has 0 fully saturated rings. The summed E-state index contributed by atoms with van der Waals surface area (Å²) in [6.07, 6.45) is -0.715. The summed E-state index contributed by atoms with van der Waals surface area (Å²) in [5.74, 6) is -1.45. The number of aliphatic hydroxyl groups excluding tert-OH is 3. The molecule has 1 atom stereocenters. The predicted octanol–water partition coefficient (Wildman–Crippen LogP) is 0.675. The molecule has 0 saturated carbocycles. The van der Waals surface area contributed by atoms with E-state index in [1.54, 1.807) is 4.90 Å². The molecule has 0 amide bonds. The van der Waals surface area contributed by atoms with Crippen LogP contribution in [0, 0.1) is 11.6 Å². The SMILES string of the molecule is OCCN(CCO)CCC(O)c1cc(F)cc(F)c1. The number of hydrogen-bond acceptors (Lipinski definition) is 4. The van der Waals surface area contributed by atoms with Crippen LogP contribution >= 0.6 is 0 Å². The fourth-order valence-corrected chi connectivity index (χ4v) is 1.86. The monoisotopic (exact) mass is 275 g/mol. The van der Waals surface area contributed by atoms with Crippen molar-refractivity contribution < 1.29 is 24.1 Å². The Bertz CT molecular complexity index is 364. The molecule has 1 unspecified atom stereocenters. The lowest BCUT2D eigenvalue weighted by Gasteiger charge is -2.21. The second-order valence-electron chi connectivity index (χ2n) is 4.30. The smallest absolute Gasteiger partial charge is 0.126 e. The summed E-state index contributed by atoms with van der Waals surface area (Å²) in [5, 5.41) is 27.5. The van der Waals surface area contributed by atoms with Crippen LogP contribution in [0.25, 0.3) is 0 Å². The van der Waals surface area contributed by atoms with E-state index in [0.717, 1.165) is 18.2 Å². The van der Waals surface area contributed by atoms with E-state index in [1.165, 1.54) is 0 Å². The molecule has 0 aliphatic heterocycles. The lowest BCUT2D eigenvalue weighted by Crippen LogP contribution is -2.31. The molecule has 0 heterocycles. The number of halogens is 2. The van der Waals surface area contributed by atoms with E-state index in [0.29, 0.717) is 19.6 Å². The average molecular weight is 275 g/mol. The summed E-state index contributed by atoms with van der Waals surface area (Å²) in [5.41, 5.74) is 0.186. The lowest BCUT2D eigenvalue weighted by atomic mass is 10.1. The largest absolute Gasteiger partial charge is 0.395 e. The number of hydrogen-bond donors (Lipinski definition) is 3. The Kier molecular flexibility index (Phi) is 6.86. The highest BCUT2D eigenvalue weighted by Crippen LogP contribution is 2.19. The van der Waals surface area contributed by atoms with Gasteiger partial charge in [0.1, 0.15) is 11.6 Å². The van der Waals surface area contributed by atoms with Crippen molar-refractivity contribution in [3.63, 3.8) is 0 Å². The van der Waals surface area contributed by atoms with Gasteiger partial charge in [-0.05, 0) is 24.1 Å². The minimum Gasteiger partial charge on any atom is -0.395 e. The van der Waals surface area contributed by atoms with Gasteiger partial charge in [0, 0.05) is 25.7 Å². The standard InChI is InChI=1S/C13H19F2NO3/c14-11-7-10(8-12(15)9-11)13(19)1-2-16(3-5-17)4-6-18/h7-9,13,17-19H,1-6H2. The minimum absolute atomic E-state index is 0.0509. The van der Waals surface area contributed by atoms with Crippen LogP contribution < -0.4 is 0 Å². The molecule has 3 N–H and O–H groups in total. The highest BCUT2D eigenvalue weighted by Gasteiger charge is 2.12. The van der Waals surface area contributed by atoms with Crippen molar-refractivity contribution >= 4 is 0 Å². The highest BCUT2D eigenvalue weighted by molar-refractivity contribution is 5.20. The number of benzene rings is 1. The highest BCUT2D eigenvalue weighted by atomic mass is 19.1. The quantitative estimate of drug-likeness (QED) is 0.652. The topological polar surface area (TPSA) is 63.9 Å². The molecule has 108 valence electrons. The zero-order valence-electron chi connectivity index (χ0n) is 10.6. The van der Waals surface area contributed by atoms with Gasteiger partial charge in [-0.2, -0.15) is 0 Å². The maximum Gasteiger partial charge on any atom is 0.126 e. The number of aliphatic hydroxyl groups is 3. The van der Waals surface area contributed by atoms with Gasteiger partial charge in [-0.25, -0.2) is 8.78 Å². The Balaban J connectivity index is 2.55. The van der Waals surface area contributed by atoms with Crippen LogP contribution in [0.3, 0.4) is 0 Å². The van der Waals surface area contributed by atoms with Crippen molar-refractivity contribution in [2.75, 3.05) is 32.8 Å². The first-order chi connectivity index (χ1) is 9.06. The first-order valence-electron chi connectivity index (χ1n) is 6.15. The fourth-order valence-electron chi connectivity index (χ4n) is 1.86. The van der Waals surface area contributed by atoms with Gasteiger partial charge in [0.25, 0.3) is 0 Å². The Hall–Kier alpha value is -1.08. The van der Waals surface area contributed by atoms with E-state index in [-0.39, 0.29) is 25.2 Å². The summed E-state index contributed by atoms with van der Waals surface area (Å²) >= 11 is 0. The van der Waals surface area contributed by atoms with Crippen molar-refractivity contribution in [1.82, 2.24) is 4.90 Å². The third-order valence-electron chi connectivity index (χ3n) is 2.82. The summed E-state index contributed by atoms with van der Waals surface area (Å²) < 4.78 is 26.0. The third kappa shape index (κ3) is 5.61. The first-order valence-corrected chi connectivity index (χ1v) is 6.15. The van der Waals surface area contributed by atoms with E-state index in [4.69, 9.17) is 10.2 Å². The van der Waals surface area contributed by atoms with Gasteiger partial charge >= 0.3 is 0 Å². The van der Waals surface area contributed by atoms with E-state index in [1.807, 2.05) is 0 Å². The van der Waals surface area contributed by atoms with Gasteiger partial charge in [-0.3, -0.25) is 4.90 Å². The Morgan fingerprint density at radius 3 is 1.95 bits per heavy atom. The van der Waals surface area contributed by atoms with Gasteiger partial charge in [0.05, 0.1) is 19.3 Å². The van der Waals surface area contributed by atoms with Crippen LogP contribution in [0.15, 0.2) is 18.2 Å². The maximum absolute atomic E-state index is 13.0. The van der Waals surface area contributed by atoms with Crippen LogP contribution in [0.2, 0.25) is 0 Å². The fraction of sp³-hybridized carbons (Fsp3) is 0.538. The Labute approximate surface area is 110 Å². The molecule has 19 heavy (non-hydrogen) atoms. The van der Waals surface area contributed by atoms with Gasteiger partial charge in [-0.15, -0.1) is 0 Å². The zero-order valence-corrected chi connectivity index (χ0v) is 10.6. The van der Waals surface area contributed by atoms with E-state index in [2.05, 4.69) is 0 Å². The van der Waals surface area contributed by atoms with E-state index >= 15 is 0 Å². The van der Waals surface area contributed by atoms with Crippen molar-refractivity contribution in [1.29, 1.82) is 0 Å². The normalized spacial score (nSPS) is 12.9. The van der Waals surface area contributed by atoms with Crippen molar-refractivity contribution in [2.45, 2.75) is 12.5 Å². The van der Waals surface area contributed by atoms with E-state index < -0.39 is 17.7 Å². The lowest BCUT2D eigenvalue weighted by molar-refractivity contribution is 0.118. The molecule has 0 spiro atoms. The van der Waals surface area contributed by atoms with E-state index in [9.17, 15) is 13.9 Å². The summed E-state index contributed by atoms with van der Waals surface area (Å²) in [6, 6.07) is 2.94. The molecule has 6 heteroatoms. The summed E-state index contributed by atoms with van der Waals surface area (Å²) in [6.45, 7) is 1.07. The van der Waals surface area contributed by atoms with Crippen LogP contribution in [0.5, 0.6) is 0 Å². The van der Waals surface area contributed by atoms with Crippen LogP contribution in [0.4, 0.5) is 8.78 Å². The van der Waals surface area contributed by atoms with Gasteiger partial charge in [-0.1, -0.05) is 0 Å². The molecular formula is C13H19F2NO3. The number of rotatable bonds is 8. The van der Waals surface area contributed by atoms with Gasteiger partial charge in [0.2, 0.25) is 0 Å².